The van der Waals surface area contributed by atoms with E-state index in [1.54, 1.807) is 11.1 Å². The zero-order chi connectivity index (χ0) is 32.5. The van der Waals surface area contributed by atoms with Crippen LogP contribution in [0.5, 0.6) is 0 Å². The van der Waals surface area contributed by atoms with Gasteiger partial charge in [0.05, 0.1) is 22.9 Å². The number of carbonyl (C=O) groups excluding carboxylic acids is 4. The van der Waals surface area contributed by atoms with Crippen LogP contribution in [0.3, 0.4) is 0 Å². The van der Waals surface area contributed by atoms with Crippen molar-refractivity contribution in [3.8, 4) is 0 Å². The molecule has 4 unspecified atom stereocenters. The molecule has 0 spiro atoms. The van der Waals surface area contributed by atoms with Crippen molar-refractivity contribution < 1.29 is 19.2 Å². The van der Waals surface area contributed by atoms with Crippen LogP contribution in [0, 0.1) is 17.2 Å². The van der Waals surface area contributed by atoms with Crippen LogP contribution in [0.15, 0.2) is 60.0 Å². The highest BCUT2D eigenvalue weighted by Crippen LogP contribution is 2.40. The minimum Gasteiger partial charge on any atom is -0.387 e. The first-order valence-electron chi connectivity index (χ1n) is 16.6. The van der Waals surface area contributed by atoms with E-state index in [0.717, 1.165) is 49.0 Å². The van der Waals surface area contributed by atoms with Gasteiger partial charge in [0.1, 0.15) is 6.04 Å². The first kappa shape index (κ1) is 30.9. The quantitative estimate of drug-likeness (QED) is 0.228. The third-order valence-electron chi connectivity index (χ3n) is 10.1. The number of allylic oxidation sites excluding steroid dienone is 2. The Balaban J connectivity index is 0.831. The smallest absolute Gasteiger partial charge is 0.254 e. The molecule has 4 amide bonds. The van der Waals surface area contributed by atoms with E-state index in [4.69, 9.17) is 5.41 Å². The first-order valence-corrected chi connectivity index (χ1v) is 16.6. The number of imide groups is 1. The summed E-state index contributed by atoms with van der Waals surface area (Å²) in [5, 5.41) is 16.8. The maximum absolute atomic E-state index is 13.0. The molecule has 7 rings (SSSR count). The lowest BCUT2D eigenvalue weighted by molar-refractivity contribution is -0.142. The normalized spacial score (nSPS) is 26.8. The summed E-state index contributed by atoms with van der Waals surface area (Å²) >= 11 is 0. The molecule has 47 heavy (non-hydrogen) atoms. The Morgan fingerprint density at radius 1 is 1.11 bits per heavy atom. The number of benzene rings is 1. The fourth-order valence-corrected chi connectivity index (χ4v) is 7.33. The second-order valence-corrected chi connectivity index (χ2v) is 13.2. The summed E-state index contributed by atoms with van der Waals surface area (Å²) in [4.78, 5) is 62.9. The zero-order valence-electron chi connectivity index (χ0n) is 26.3. The van der Waals surface area contributed by atoms with Crippen LogP contribution in [0.1, 0.15) is 50.6 Å². The largest absolute Gasteiger partial charge is 0.387 e. The topological polar surface area (TPSA) is 160 Å². The van der Waals surface area contributed by atoms with Crippen LogP contribution in [0.2, 0.25) is 0 Å². The predicted molar refractivity (Wildman–Crippen MR) is 176 cm³/mol. The fraction of sp³-hybridized carbons (Fsp3) is 0.457. The maximum Gasteiger partial charge on any atom is 0.254 e. The fourth-order valence-electron chi connectivity index (χ4n) is 7.33. The second kappa shape index (κ2) is 13.2. The van der Waals surface area contributed by atoms with Gasteiger partial charge in [-0.3, -0.25) is 34.4 Å². The van der Waals surface area contributed by atoms with Crippen LogP contribution in [-0.4, -0.2) is 93.9 Å². The number of hydrogen-bond donors (Lipinski definition) is 4. The molecule has 2 aromatic rings. The highest BCUT2D eigenvalue weighted by molar-refractivity contribution is 6.08. The van der Waals surface area contributed by atoms with E-state index in [-0.39, 0.29) is 30.1 Å². The molecule has 12 heteroatoms. The van der Waals surface area contributed by atoms with Crippen molar-refractivity contribution in [1.29, 1.82) is 5.41 Å². The molecule has 3 aliphatic heterocycles. The van der Waals surface area contributed by atoms with Gasteiger partial charge in [-0.05, 0) is 61.6 Å². The molecule has 4 atom stereocenters. The molecule has 0 radical (unpaired) electrons. The van der Waals surface area contributed by atoms with E-state index in [0.29, 0.717) is 67.2 Å². The van der Waals surface area contributed by atoms with Crippen molar-refractivity contribution >= 4 is 46.4 Å². The number of likely N-dealkylation sites (tertiary alicyclic amines) is 2. The van der Waals surface area contributed by atoms with Gasteiger partial charge in [0.15, 0.2) is 0 Å². The van der Waals surface area contributed by atoms with Gasteiger partial charge < -0.3 is 20.9 Å². The first-order chi connectivity index (χ1) is 22.9. The molecule has 2 aliphatic carbocycles. The number of fused-ring (bicyclic) bond motifs is 2. The minimum absolute atomic E-state index is 0.0657. The van der Waals surface area contributed by atoms with Crippen LogP contribution in [-0.2, 0) is 19.2 Å². The Hall–Kier alpha value is -4.71. The predicted octanol–water partition coefficient (Wildman–Crippen LogP) is 2.09. The van der Waals surface area contributed by atoms with E-state index in [1.807, 2.05) is 36.5 Å². The molecule has 4 heterocycles. The number of aromatic nitrogens is 2. The second-order valence-electron chi connectivity index (χ2n) is 13.2. The number of nitrogens with one attached hydrogen (secondary N) is 4. The number of piperidine rings is 2. The van der Waals surface area contributed by atoms with Gasteiger partial charge in [-0.2, -0.15) is 0 Å². The Labute approximate surface area is 273 Å². The summed E-state index contributed by atoms with van der Waals surface area (Å²) in [6.07, 6.45) is 13.7. The van der Waals surface area contributed by atoms with Gasteiger partial charge >= 0.3 is 0 Å². The number of carbonyl (C=O) groups is 4. The van der Waals surface area contributed by atoms with Crippen molar-refractivity contribution in [2.24, 2.45) is 11.8 Å². The summed E-state index contributed by atoms with van der Waals surface area (Å²) < 4.78 is 0. The molecule has 1 aromatic carbocycles. The number of rotatable bonds is 10. The number of hydrogen-bond acceptors (Lipinski definition) is 9. The molecule has 244 valence electrons. The molecule has 5 aliphatic rings. The van der Waals surface area contributed by atoms with E-state index in [1.165, 1.54) is 6.21 Å². The molecule has 12 nitrogen and oxygen atoms in total. The lowest BCUT2D eigenvalue weighted by Crippen LogP contribution is -2.52. The SMILES string of the molecule is N=C/C(=C\NC1CCN(C2CC2CC(=O)NCC2C=C3CN(C4CCC(=O)NC4=O)C(=O)C3=CC2)CC1)c1cnc2ccccc2n1. The van der Waals surface area contributed by atoms with Gasteiger partial charge in [-0.15, -0.1) is 0 Å². The van der Waals surface area contributed by atoms with Gasteiger partial charge in [0.2, 0.25) is 17.7 Å². The van der Waals surface area contributed by atoms with Crippen LogP contribution >= 0.6 is 0 Å². The van der Waals surface area contributed by atoms with Crippen molar-refractivity contribution in [2.75, 3.05) is 26.2 Å². The Morgan fingerprint density at radius 3 is 2.70 bits per heavy atom. The summed E-state index contributed by atoms with van der Waals surface area (Å²) in [6, 6.07) is 7.87. The number of para-hydroxylation sites is 2. The monoisotopic (exact) mass is 636 g/mol. The van der Waals surface area contributed by atoms with E-state index in [9.17, 15) is 19.2 Å². The van der Waals surface area contributed by atoms with Crippen molar-refractivity contribution in [3.05, 3.63) is 65.7 Å². The van der Waals surface area contributed by atoms with Crippen molar-refractivity contribution in [3.63, 3.8) is 0 Å². The molecule has 0 bridgehead atoms. The molecule has 1 aromatic heterocycles. The molecular weight excluding hydrogens is 596 g/mol. The number of nitrogens with zero attached hydrogens (tertiary/aromatic N) is 4. The Morgan fingerprint density at radius 2 is 1.91 bits per heavy atom. The van der Waals surface area contributed by atoms with Gasteiger partial charge in [0, 0.05) is 74.7 Å². The Bertz CT molecular complexity index is 1710. The average molecular weight is 637 g/mol. The lowest BCUT2D eigenvalue weighted by Gasteiger charge is -2.32. The van der Waals surface area contributed by atoms with Crippen LogP contribution in [0.25, 0.3) is 16.6 Å². The summed E-state index contributed by atoms with van der Waals surface area (Å²) in [5.74, 6) is -0.315. The van der Waals surface area contributed by atoms with Crippen molar-refractivity contribution in [2.45, 2.75) is 63.1 Å². The van der Waals surface area contributed by atoms with Gasteiger partial charge in [0.25, 0.3) is 5.91 Å². The summed E-state index contributed by atoms with van der Waals surface area (Å²) in [7, 11) is 0. The number of amides is 4. The van der Waals surface area contributed by atoms with Crippen LogP contribution in [0.4, 0.5) is 0 Å². The molecule has 3 saturated heterocycles. The van der Waals surface area contributed by atoms with Crippen LogP contribution < -0.4 is 16.0 Å². The van der Waals surface area contributed by atoms with Gasteiger partial charge in [-0.25, -0.2) is 4.98 Å². The zero-order valence-corrected chi connectivity index (χ0v) is 26.3. The summed E-state index contributed by atoms with van der Waals surface area (Å²) in [5.41, 5.74) is 4.56. The third-order valence-corrected chi connectivity index (χ3v) is 10.1. The standard InChI is InChI=1S/C35H40N8O4/c36-16-24(29-19-38-27-3-1-2-4-28(27)40-29)18-37-25-9-11-42(12-10-25)31-14-22(31)15-33(45)39-17-21-5-6-26-23(13-21)20-43(35(26)47)30-7-8-32(44)41-34(30)46/h1-4,6,13,16,18-19,21-22,25,30-31,36-37H,5,7-12,14-15,17,20H2,(H,39,45)(H,41,44,46)/b24-18+,36-16?. The minimum atomic E-state index is -0.618. The van der Waals surface area contributed by atoms with E-state index < -0.39 is 11.9 Å². The van der Waals surface area contributed by atoms with E-state index in [2.05, 4.69) is 36.9 Å². The lowest BCUT2D eigenvalue weighted by atomic mass is 9.92. The molecule has 1 saturated carbocycles. The summed E-state index contributed by atoms with van der Waals surface area (Å²) in [6.45, 7) is 2.82. The molecule has 4 N–H and O–H groups in total. The molecular formula is C35H40N8O4. The van der Waals surface area contributed by atoms with Crippen molar-refractivity contribution in [1.82, 2.24) is 35.7 Å². The maximum atomic E-state index is 13.0. The molecule has 4 fully saturated rings. The van der Waals surface area contributed by atoms with Gasteiger partial charge in [-0.1, -0.05) is 24.3 Å². The third kappa shape index (κ3) is 6.73. The highest BCUT2D eigenvalue weighted by atomic mass is 16.2. The highest BCUT2D eigenvalue weighted by Gasteiger charge is 2.44. The van der Waals surface area contributed by atoms with E-state index >= 15 is 0 Å². The Kier molecular flexibility index (Phi) is 8.68. The average Bonchev–Trinajstić information content (AvgIpc) is 3.77.